The Balaban J connectivity index is 1.12. The van der Waals surface area contributed by atoms with E-state index in [1.54, 1.807) is 0 Å². The third kappa shape index (κ3) is 4.09. The Bertz CT molecular complexity index is 1260. The van der Waals surface area contributed by atoms with E-state index < -0.39 is 0 Å². The summed E-state index contributed by atoms with van der Waals surface area (Å²) in [6, 6.07) is 35.9. The van der Waals surface area contributed by atoms with Crippen molar-refractivity contribution in [2.45, 2.75) is 6.04 Å². The molecule has 1 aliphatic carbocycles. The van der Waals surface area contributed by atoms with Gasteiger partial charge in [0.05, 0.1) is 12.3 Å². The fourth-order valence-corrected chi connectivity index (χ4v) is 5.04. The molecule has 1 aliphatic heterocycles. The van der Waals surface area contributed by atoms with Crippen molar-refractivity contribution in [1.29, 1.82) is 0 Å². The molecule has 168 valence electrons. The van der Waals surface area contributed by atoms with Crippen LogP contribution in [0.3, 0.4) is 0 Å². The highest BCUT2D eigenvalue weighted by atomic mass is 16.5. The van der Waals surface area contributed by atoms with Gasteiger partial charge >= 0.3 is 0 Å². The van der Waals surface area contributed by atoms with Crippen molar-refractivity contribution in [2.75, 3.05) is 26.2 Å². The van der Waals surface area contributed by atoms with E-state index in [4.69, 9.17) is 9.84 Å². The predicted octanol–water partition coefficient (Wildman–Crippen LogP) is 6.20. The monoisotopic (exact) mass is 445 g/mol. The summed E-state index contributed by atoms with van der Waals surface area (Å²) in [5, 5.41) is 6.95. The van der Waals surface area contributed by atoms with Crippen molar-refractivity contribution >= 4 is 6.21 Å². The van der Waals surface area contributed by atoms with Crippen LogP contribution in [0, 0.1) is 0 Å². The van der Waals surface area contributed by atoms with Crippen LogP contribution in [-0.4, -0.2) is 42.3 Å². The summed E-state index contributed by atoms with van der Waals surface area (Å²) in [7, 11) is 0. The van der Waals surface area contributed by atoms with Crippen molar-refractivity contribution in [2.24, 2.45) is 5.10 Å². The van der Waals surface area contributed by atoms with Crippen molar-refractivity contribution in [3.63, 3.8) is 0 Å². The molecule has 0 unspecified atom stereocenters. The van der Waals surface area contributed by atoms with Gasteiger partial charge in [-0.25, -0.2) is 0 Å². The molecule has 0 spiro atoms. The van der Waals surface area contributed by atoms with E-state index in [0.29, 0.717) is 6.04 Å². The average Bonchev–Trinajstić information content (AvgIpc) is 3.23. The number of benzene rings is 4. The predicted molar refractivity (Wildman–Crippen MR) is 137 cm³/mol. The number of piperazine rings is 1. The van der Waals surface area contributed by atoms with Gasteiger partial charge < -0.3 is 4.74 Å². The molecule has 4 aromatic carbocycles. The normalized spacial score (nSPS) is 15.9. The van der Waals surface area contributed by atoms with Crippen LogP contribution in [0.2, 0.25) is 0 Å². The van der Waals surface area contributed by atoms with Crippen LogP contribution in [0.15, 0.2) is 108 Å². The van der Waals surface area contributed by atoms with Crippen LogP contribution in [0.5, 0.6) is 11.5 Å². The fourth-order valence-electron chi connectivity index (χ4n) is 5.04. The number of hydrogen-bond donors (Lipinski definition) is 0. The van der Waals surface area contributed by atoms with Gasteiger partial charge in [0.2, 0.25) is 0 Å². The second-order valence-corrected chi connectivity index (χ2v) is 8.80. The van der Waals surface area contributed by atoms with Crippen molar-refractivity contribution in [3.05, 3.63) is 120 Å². The molecule has 4 aromatic rings. The van der Waals surface area contributed by atoms with Gasteiger partial charge in [0, 0.05) is 26.2 Å². The summed E-state index contributed by atoms with van der Waals surface area (Å²) in [4.78, 5) is 2.60. The Hall–Kier alpha value is -3.89. The van der Waals surface area contributed by atoms with Crippen LogP contribution in [0.4, 0.5) is 0 Å². The topological polar surface area (TPSA) is 28.1 Å². The largest absolute Gasteiger partial charge is 0.457 e. The Morgan fingerprint density at radius 2 is 1.26 bits per heavy atom. The second-order valence-electron chi connectivity index (χ2n) is 8.80. The lowest BCUT2D eigenvalue weighted by Crippen LogP contribution is -2.45. The lowest BCUT2D eigenvalue weighted by molar-refractivity contribution is 0.114. The number of nitrogens with zero attached hydrogens (tertiary/aromatic N) is 3. The molecule has 4 heteroatoms. The maximum Gasteiger partial charge on any atom is 0.128 e. The van der Waals surface area contributed by atoms with Crippen molar-refractivity contribution in [3.8, 4) is 22.6 Å². The van der Waals surface area contributed by atoms with E-state index in [1.165, 1.54) is 22.3 Å². The molecular formula is C30H27N3O. The molecule has 0 amide bonds. The first-order valence-corrected chi connectivity index (χ1v) is 11.9. The highest BCUT2D eigenvalue weighted by molar-refractivity contribution is 5.80. The van der Waals surface area contributed by atoms with Gasteiger partial charge in [-0.2, -0.15) is 5.10 Å². The lowest BCUT2D eigenvalue weighted by atomic mass is 10.0. The number of hydrazone groups is 1. The number of fused-ring (bicyclic) bond motifs is 3. The first-order valence-electron chi connectivity index (χ1n) is 11.9. The van der Waals surface area contributed by atoms with E-state index in [2.05, 4.69) is 64.5 Å². The Morgan fingerprint density at radius 1 is 0.647 bits per heavy atom. The van der Waals surface area contributed by atoms with Crippen LogP contribution in [-0.2, 0) is 0 Å². The minimum atomic E-state index is 0.338. The minimum Gasteiger partial charge on any atom is -0.457 e. The number of rotatable bonds is 5. The quantitative estimate of drug-likeness (QED) is 0.342. The molecule has 1 fully saturated rings. The van der Waals surface area contributed by atoms with Crippen LogP contribution < -0.4 is 4.74 Å². The lowest BCUT2D eigenvalue weighted by Gasteiger charge is -2.37. The molecular weight excluding hydrogens is 418 g/mol. The van der Waals surface area contributed by atoms with Crippen LogP contribution >= 0.6 is 0 Å². The number of ether oxygens (including phenoxy) is 1. The molecule has 0 radical (unpaired) electrons. The Morgan fingerprint density at radius 3 is 1.97 bits per heavy atom. The fraction of sp³-hybridized carbons (Fsp3) is 0.167. The van der Waals surface area contributed by atoms with Gasteiger partial charge in [-0.05, 0) is 52.1 Å². The third-order valence-corrected chi connectivity index (χ3v) is 6.66. The molecule has 34 heavy (non-hydrogen) atoms. The molecule has 2 aliphatic rings. The smallest absolute Gasteiger partial charge is 0.128 e. The zero-order valence-corrected chi connectivity index (χ0v) is 19.0. The van der Waals surface area contributed by atoms with E-state index in [1.807, 2.05) is 54.7 Å². The average molecular weight is 446 g/mol. The molecule has 1 saturated heterocycles. The summed E-state index contributed by atoms with van der Waals surface area (Å²) < 4.78 is 5.96. The summed E-state index contributed by atoms with van der Waals surface area (Å²) in [6.45, 7) is 3.80. The van der Waals surface area contributed by atoms with Crippen LogP contribution in [0.1, 0.15) is 22.7 Å². The Labute approximate surface area is 200 Å². The van der Waals surface area contributed by atoms with Gasteiger partial charge in [0.15, 0.2) is 0 Å². The molecule has 0 aromatic heterocycles. The van der Waals surface area contributed by atoms with E-state index in [9.17, 15) is 0 Å². The first kappa shape index (κ1) is 20.7. The Kier molecular flexibility index (Phi) is 5.58. The number of hydrogen-bond acceptors (Lipinski definition) is 4. The molecule has 0 bridgehead atoms. The maximum absolute atomic E-state index is 5.96. The van der Waals surface area contributed by atoms with Crippen molar-refractivity contribution < 1.29 is 4.74 Å². The molecule has 1 heterocycles. The molecule has 0 saturated carbocycles. The standard InChI is InChI=1S/C30H27N3O/c1-2-10-24(11-3-1)34-25-12-8-9-23(21-25)22-31-33-19-17-32(18-20-33)30-28-15-6-4-13-26(28)27-14-5-7-16-29(27)30/h1-16,21-22,30H,17-20H2/b31-22-. The molecule has 0 N–H and O–H groups in total. The zero-order chi connectivity index (χ0) is 22.7. The highest BCUT2D eigenvalue weighted by Gasteiger charge is 2.33. The maximum atomic E-state index is 5.96. The van der Waals surface area contributed by atoms with Gasteiger partial charge in [-0.3, -0.25) is 9.91 Å². The molecule has 4 nitrogen and oxygen atoms in total. The summed E-state index contributed by atoms with van der Waals surface area (Å²) in [5.41, 5.74) is 6.64. The van der Waals surface area contributed by atoms with E-state index >= 15 is 0 Å². The van der Waals surface area contributed by atoms with Gasteiger partial charge in [-0.1, -0.05) is 78.9 Å². The summed E-state index contributed by atoms with van der Waals surface area (Å²) >= 11 is 0. The van der Waals surface area contributed by atoms with E-state index in [-0.39, 0.29) is 0 Å². The zero-order valence-electron chi connectivity index (χ0n) is 19.0. The van der Waals surface area contributed by atoms with Crippen LogP contribution in [0.25, 0.3) is 11.1 Å². The van der Waals surface area contributed by atoms with Gasteiger partial charge in [0.25, 0.3) is 0 Å². The van der Waals surface area contributed by atoms with E-state index in [0.717, 1.165) is 43.2 Å². The first-order chi connectivity index (χ1) is 16.8. The third-order valence-electron chi connectivity index (χ3n) is 6.66. The molecule has 6 rings (SSSR count). The van der Waals surface area contributed by atoms with Gasteiger partial charge in [-0.15, -0.1) is 0 Å². The molecule has 0 atom stereocenters. The highest BCUT2D eigenvalue weighted by Crippen LogP contribution is 2.46. The number of para-hydroxylation sites is 1. The van der Waals surface area contributed by atoms with Crippen molar-refractivity contribution in [1.82, 2.24) is 9.91 Å². The SMILES string of the molecule is C(=N/N1CCN(C2c3ccccc3-c3ccccc32)CC1)/c1cccc(Oc2ccccc2)c1. The second kappa shape index (κ2) is 9.16. The minimum absolute atomic E-state index is 0.338. The summed E-state index contributed by atoms with van der Waals surface area (Å²) in [6.07, 6.45) is 1.94. The van der Waals surface area contributed by atoms with Gasteiger partial charge in [0.1, 0.15) is 11.5 Å². The summed E-state index contributed by atoms with van der Waals surface area (Å²) in [5.74, 6) is 1.65.